The molecule has 0 amide bonds. The van der Waals surface area contributed by atoms with Gasteiger partial charge in [0.15, 0.2) is 5.78 Å². The van der Waals surface area contributed by atoms with Crippen molar-refractivity contribution in [2.24, 2.45) is 0 Å². The summed E-state index contributed by atoms with van der Waals surface area (Å²) in [4.78, 5) is 15.8. The number of carbonyl (C=O) groups is 1. The number of aryl methyl sites for hydroxylation is 1. The second-order valence-electron chi connectivity index (χ2n) is 3.95. The van der Waals surface area contributed by atoms with Crippen molar-refractivity contribution in [1.29, 1.82) is 0 Å². The predicted molar refractivity (Wildman–Crippen MR) is 76.0 cm³/mol. The maximum absolute atomic E-state index is 11.8. The molecule has 2 nitrogen and oxygen atoms in total. The lowest BCUT2D eigenvalue weighted by atomic mass is 10.2. The first-order chi connectivity index (χ1) is 8.86. The summed E-state index contributed by atoms with van der Waals surface area (Å²) in [5.41, 5.74) is 2.07. The minimum Gasteiger partial charge on any atom is -0.293 e. The van der Waals surface area contributed by atoms with Crippen molar-refractivity contribution in [3.05, 3.63) is 66.0 Å². The normalized spacial score (nSPS) is 10.2. The van der Waals surface area contributed by atoms with Crippen LogP contribution >= 0.6 is 11.8 Å². The molecule has 0 aliphatic rings. The molecule has 0 N–H and O–H groups in total. The highest BCUT2D eigenvalue weighted by Crippen LogP contribution is 2.09. The average Bonchev–Trinajstić information content (AvgIpc) is 2.45. The van der Waals surface area contributed by atoms with Crippen LogP contribution in [0.2, 0.25) is 0 Å². The second-order valence-corrected chi connectivity index (χ2v) is 5.05. The van der Waals surface area contributed by atoms with Gasteiger partial charge in [-0.3, -0.25) is 9.78 Å². The quantitative estimate of drug-likeness (QED) is 0.588. The number of hydrogen-bond acceptors (Lipinski definition) is 3. The van der Waals surface area contributed by atoms with Crippen LogP contribution in [0.1, 0.15) is 15.9 Å². The number of pyridine rings is 1. The van der Waals surface area contributed by atoms with Gasteiger partial charge in [-0.05, 0) is 29.9 Å². The van der Waals surface area contributed by atoms with Crippen molar-refractivity contribution in [2.45, 2.75) is 6.42 Å². The molecule has 0 saturated carbocycles. The summed E-state index contributed by atoms with van der Waals surface area (Å²) >= 11 is 1.68. The Morgan fingerprint density at radius 2 is 1.78 bits per heavy atom. The van der Waals surface area contributed by atoms with Gasteiger partial charge in [0.05, 0.1) is 5.75 Å². The largest absolute Gasteiger partial charge is 0.293 e. The van der Waals surface area contributed by atoms with E-state index in [1.165, 1.54) is 5.56 Å². The molecular formula is C15H15NOS. The summed E-state index contributed by atoms with van der Waals surface area (Å²) in [6.45, 7) is 0. The molecule has 92 valence electrons. The van der Waals surface area contributed by atoms with E-state index in [4.69, 9.17) is 0 Å². The van der Waals surface area contributed by atoms with Crippen molar-refractivity contribution in [2.75, 3.05) is 11.5 Å². The molecule has 0 aliphatic heterocycles. The number of rotatable bonds is 6. The van der Waals surface area contributed by atoms with E-state index in [0.717, 1.165) is 17.7 Å². The fourth-order valence-corrected chi connectivity index (χ4v) is 2.49. The zero-order chi connectivity index (χ0) is 12.6. The Kier molecular flexibility index (Phi) is 4.97. The van der Waals surface area contributed by atoms with Crippen LogP contribution in [0, 0.1) is 0 Å². The van der Waals surface area contributed by atoms with Crippen LogP contribution in [0.4, 0.5) is 0 Å². The van der Waals surface area contributed by atoms with E-state index in [9.17, 15) is 4.79 Å². The number of hydrogen-bond donors (Lipinski definition) is 0. The first-order valence-electron chi connectivity index (χ1n) is 5.91. The highest BCUT2D eigenvalue weighted by Gasteiger charge is 2.04. The molecule has 18 heavy (non-hydrogen) atoms. The molecule has 1 aromatic carbocycles. The zero-order valence-electron chi connectivity index (χ0n) is 10.1. The van der Waals surface area contributed by atoms with E-state index in [0.29, 0.717) is 5.75 Å². The van der Waals surface area contributed by atoms with Crippen LogP contribution in [0.15, 0.2) is 54.9 Å². The molecule has 0 radical (unpaired) electrons. The Morgan fingerprint density at radius 3 is 2.50 bits per heavy atom. The third-order valence-corrected chi connectivity index (χ3v) is 3.57. The fraction of sp³-hybridized carbons (Fsp3) is 0.200. The number of thioether (sulfide) groups is 1. The highest BCUT2D eigenvalue weighted by atomic mass is 32.2. The molecule has 0 aliphatic carbocycles. The summed E-state index contributed by atoms with van der Waals surface area (Å²) in [6.07, 6.45) is 4.58. The van der Waals surface area contributed by atoms with Gasteiger partial charge in [-0.2, -0.15) is 11.8 Å². The van der Waals surface area contributed by atoms with Crippen LogP contribution in [0.25, 0.3) is 0 Å². The molecule has 3 heteroatoms. The minimum absolute atomic E-state index is 0.204. The third-order valence-electron chi connectivity index (χ3n) is 2.61. The standard InChI is InChI=1S/C15H15NOS/c17-15(14-4-2-1-3-5-14)12-18-11-8-13-6-9-16-10-7-13/h1-7,9-10H,8,11-12H2. The van der Waals surface area contributed by atoms with E-state index in [-0.39, 0.29) is 5.78 Å². The molecule has 2 aromatic rings. The summed E-state index contributed by atoms with van der Waals surface area (Å²) in [5.74, 6) is 1.72. The Morgan fingerprint density at radius 1 is 1.06 bits per heavy atom. The molecule has 1 aromatic heterocycles. The van der Waals surface area contributed by atoms with Crippen LogP contribution in [-0.2, 0) is 6.42 Å². The Bertz CT molecular complexity index is 484. The van der Waals surface area contributed by atoms with Gasteiger partial charge in [-0.1, -0.05) is 30.3 Å². The Balaban J connectivity index is 1.72. The smallest absolute Gasteiger partial charge is 0.172 e. The van der Waals surface area contributed by atoms with Crippen molar-refractivity contribution < 1.29 is 4.79 Å². The predicted octanol–water partition coefficient (Wildman–Crippen LogP) is 3.24. The molecule has 2 rings (SSSR count). The first kappa shape index (κ1) is 12.8. The van der Waals surface area contributed by atoms with E-state index in [2.05, 4.69) is 4.98 Å². The molecule has 1 heterocycles. The van der Waals surface area contributed by atoms with Gasteiger partial charge in [0.1, 0.15) is 0 Å². The van der Waals surface area contributed by atoms with E-state index >= 15 is 0 Å². The number of aromatic nitrogens is 1. The van der Waals surface area contributed by atoms with E-state index in [1.54, 1.807) is 24.2 Å². The van der Waals surface area contributed by atoms with Gasteiger partial charge < -0.3 is 0 Å². The minimum atomic E-state index is 0.204. The maximum atomic E-state index is 11.8. The molecular weight excluding hydrogens is 242 g/mol. The molecule has 0 spiro atoms. The lowest BCUT2D eigenvalue weighted by Crippen LogP contribution is -2.03. The van der Waals surface area contributed by atoms with Crippen molar-refractivity contribution in [3.63, 3.8) is 0 Å². The number of nitrogens with zero attached hydrogens (tertiary/aromatic N) is 1. The lowest BCUT2D eigenvalue weighted by molar-refractivity contribution is 0.102. The lowest BCUT2D eigenvalue weighted by Gasteiger charge is -2.02. The van der Waals surface area contributed by atoms with Gasteiger partial charge in [-0.25, -0.2) is 0 Å². The summed E-state index contributed by atoms with van der Waals surface area (Å²) < 4.78 is 0. The van der Waals surface area contributed by atoms with Gasteiger partial charge in [0.2, 0.25) is 0 Å². The molecule has 0 fully saturated rings. The summed E-state index contributed by atoms with van der Waals surface area (Å²) in [6, 6.07) is 13.5. The first-order valence-corrected chi connectivity index (χ1v) is 7.06. The van der Waals surface area contributed by atoms with Crippen LogP contribution in [0.5, 0.6) is 0 Å². The van der Waals surface area contributed by atoms with Gasteiger partial charge >= 0.3 is 0 Å². The van der Waals surface area contributed by atoms with Gasteiger partial charge in [0.25, 0.3) is 0 Å². The summed E-state index contributed by atoms with van der Waals surface area (Å²) in [5, 5.41) is 0. The van der Waals surface area contributed by atoms with E-state index < -0.39 is 0 Å². The molecule has 0 unspecified atom stereocenters. The number of ketones is 1. The highest BCUT2D eigenvalue weighted by molar-refractivity contribution is 7.99. The molecule has 0 atom stereocenters. The Labute approximate surface area is 111 Å². The topological polar surface area (TPSA) is 30.0 Å². The molecule has 0 saturated heterocycles. The SMILES string of the molecule is O=C(CSCCc1ccncc1)c1ccccc1. The number of carbonyl (C=O) groups excluding carboxylic acids is 1. The van der Waals surface area contributed by atoms with Crippen LogP contribution in [-0.4, -0.2) is 22.3 Å². The second kappa shape index (κ2) is 6.97. The number of benzene rings is 1. The van der Waals surface area contributed by atoms with Crippen molar-refractivity contribution in [3.8, 4) is 0 Å². The summed E-state index contributed by atoms with van der Waals surface area (Å²) in [7, 11) is 0. The van der Waals surface area contributed by atoms with Gasteiger partial charge in [-0.15, -0.1) is 0 Å². The Hall–Kier alpha value is -1.61. The van der Waals surface area contributed by atoms with Crippen LogP contribution < -0.4 is 0 Å². The van der Waals surface area contributed by atoms with E-state index in [1.807, 2.05) is 42.5 Å². The monoisotopic (exact) mass is 257 g/mol. The van der Waals surface area contributed by atoms with Crippen molar-refractivity contribution >= 4 is 17.5 Å². The zero-order valence-corrected chi connectivity index (χ0v) is 10.9. The molecule has 0 bridgehead atoms. The van der Waals surface area contributed by atoms with Gasteiger partial charge in [0, 0.05) is 18.0 Å². The average molecular weight is 257 g/mol. The maximum Gasteiger partial charge on any atom is 0.172 e. The number of Topliss-reactive ketones (excluding diaryl/α,β-unsaturated/α-hetero) is 1. The van der Waals surface area contributed by atoms with Crippen molar-refractivity contribution in [1.82, 2.24) is 4.98 Å². The fourth-order valence-electron chi connectivity index (χ4n) is 1.61. The third kappa shape index (κ3) is 4.00. The van der Waals surface area contributed by atoms with Crippen LogP contribution in [0.3, 0.4) is 0 Å².